The molecule has 1 aliphatic heterocycles. The lowest BCUT2D eigenvalue weighted by Gasteiger charge is -2.08. The highest BCUT2D eigenvalue weighted by atomic mass is 35.5. The largest absolute Gasteiger partial charge is 0.355 e. The lowest BCUT2D eigenvalue weighted by Crippen LogP contribution is -2.13. The number of rotatable bonds is 1. The van der Waals surface area contributed by atoms with Gasteiger partial charge in [0, 0.05) is 23.9 Å². The fourth-order valence-corrected chi connectivity index (χ4v) is 1.89. The maximum absolute atomic E-state index is 11.0. The van der Waals surface area contributed by atoms with Gasteiger partial charge in [-0.2, -0.15) is 0 Å². The predicted molar refractivity (Wildman–Crippen MR) is 56.6 cm³/mol. The summed E-state index contributed by atoms with van der Waals surface area (Å²) in [4.78, 5) is 11.0. The second-order valence-electron chi connectivity index (χ2n) is 3.71. The molecule has 1 saturated heterocycles. The van der Waals surface area contributed by atoms with E-state index in [1.807, 2.05) is 25.1 Å². The average molecular weight is 210 g/mol. The molecule has 2 nitrogen and oxygen atoms in total. The minimum Gasteiger partial charge on any atom is -0.355 e. The molecule has 0 saturated carbocycles. The van der Waals surface area contributed by atoms with E-state index in [-0.39, 0.29) is 5.91 Å². The Morgan fingerprint density at radius 1 is 1.50 bits per heavy atom. The van der Waals surface area contributed by atoms with Gasteiger partial charge >= 0.3 is 0 Å². The summed E-state index contributed by atoms with van der Waals surface area (Å²) in [5.74, 6) is 0.423. The fraction of sp³-hybridized carbons (Fsp3) is 0.364. The summed E-state index contributed by atoms with van der Waals surface area (Å²) < 4.78 is 0. The molecule has 1 amide bonds. The third-order valence-electron chi connectivity index (χ3n) is 2.64. The molecule has 1 aliphatic rings. The first-order valence-corrected chi connectivity index (χ1v) is 5.07. The van der Waals surface area contributed by atoms with Crippen LogP contribution < -0.4 is 5.32 Å². The number of hydrogen-bond donors (Lipinski definition) is 1. The van der Waals surface area contributed by atoms with Gasteiger partial charge in [-0.15, -0.1) is 0 Å². The molecule has 0 bridgehead atoms. The molecular weight excluding hydrogens is 198 g/mol. The SMILES string of the molecule is Cc1ccc(C2CNC(=O)C2)cc1Cl. The van der Waals surface area contributed by atoms with Gasteiger partial charge in [-0.05, 0) is 24.1 Å². The molecule has 3 heteroatoms. The Kier molecular flexibility index (Phi) is 2.46. The van der Waals surface area contributed by atoms with E-state index in [4.69, 9.17) is 11.6 Å². The van der Waals surface area contributed by atoms with Crippen LogP contribution in [0.5, 0.6) is 0 Å². The monoisotopic (exact) mass is 209 g/mol. The third-order valence-corrected chi connectivity index (χ3v) is 3.05. The van der Waals surface area contributed by atoms with Crippen LogP contribution in [0.15, 0.2) is 18.2 Å². The van der Waals surface area contributed by atoms with Crippen molar-refractivity contribution in [3.8, 4) is 0 Å². The minimum absolute atomic E-state index is 0.131. The van der Waals surface area contributed by atoms with E-state index in [2.05, 4.69) is 5.32 Å². The van der Waals surface area contributed by atoms with E-state index in [0.29, 0.717) is 12.3 Å². The highest BCUT2D eigenvalue weighted by molar-refractivity contribution is 6.31. The van der Waals surface area contributed by atoms with Gasteiger partial charge < -0.3 is 5.32 Å². The van der Waals surface area contributed by atoms with Crippen molar-refractivity contribution >= 4 is 17.5 Å². The van der Waals surface area contributed by atoms with Crippen molar-refractivity contribution in [1.29, 1.82) is 0 Å². The van der Waals surface area contributed by atoms with Crippen molar-refractivity contribution < 1.29 is 4.79 Å². The third kappa shape index (κ3) is 1.75. The van der Waals surface area contributed by atoms with Crippen molar-refractivity contribution in [3.63, 3.8) is 0 Å². The summed E-state index contributed by atoms with van der Waals surface area (Å²) in [6.07, 6.45) is 0.583. The fourth-order valence-electron chi connectivity index (χ4n) is 1.70. The maximum Gasteiger partial charge on any atom is 0.220 e. The molecule has 2 rings (SSSR count). The van der Waals surface area contributed by atoms with E-state index in [9.17, 15) is 4.79 Å². The molecule has 1 N–H and O–H groups in total. The zero-order valence-corrected chi connectivity index (χ0v) is 8.77. The smallest absolute Gasteiger partial charge is 0.220 e. The van der Waals surface area contributed by atoms with Crippen molar-refractivity contribution in [2.75, 3.05) is 6.54 Å². The number of nitrogens with one attached hydrogen (secondary N) is 1. The molecule has 1 atom stereocenters. The number of halogens is 1. The van der Waals surface area contributed by atoms with E-state index in [1.54, 1.807) is 0 Å². The van der Waals surface area contributed by atoms with E-state index in [1.165, 1.54) is 0 Å². The van der Waals surface area contributed by atoms with Crippen LogP contribution in [-0.2, 0) is 4.79 Å². The maximum atomic E-state index is 11.0. The average Bonchev–Trinajstić information content (AvgIpc) is 2.57. The first-order chi connectivity index (χ1) is 6.66. The van der Waals surface area contributed by atoms with Crippen LogP contribution in [0.25, 0.3) is 0 Å². The van der Waals surface area contributed by atoms with Crippen molar-refractivity contribution in [1.82, 2.24) is 5.32 Å². The van der Waals surface area contributed by atoms with Gasteiger partial charge in [0.05, 0.1) is 0 Å². The van der Waals surface area contributed by atoms with Gasteiger partial charge in [0.2, 0.25) is 5.91 Å². The molecule has 1 unspecified atom stereocenters. The minimum atomic E-state index is 0.131. The molecule has 1 aromatic carbocycles. The first kappa shape index (κ1) is 9.53. The Balaban J connectivity index is 2.24. The summed E-state index contributed by atoms with van der Waals surface area (Å²) in [6.45, 7) is 2.71. The van der Waals surface area contributed by atoms with Crippen molar-refractivity contribution in [3.05, 3.63) is 34.3 Å². The van der Waals surface area contributed by atoms with Crippen LogP contribution in [0, 0.1) is 6.92 Å². The molecular formula is C11H12ClNO. The van der Waals surface area contributed by atoms with Gasteiger partial charge in [0.25, 0.3) is 0 Å². The highest BCUT2D eigenvalue weighted by Crippen LogP contribution is 2.26. The summed E-state index contributed by atoms with van der Waals surface area (Å²) >= 11 is 6.02. The summed E-state index contributed by atoms with van der Waals surface area (Å²) in [5.41, 5.74) is 2.23. The Hall–Kier alpha value is -1.02. The zero-order chi connectivity index (χ0) is 10.1. The molecule has 1 aromatic rings. The van der Waals surface area contributed by atoms with Crippen LogP contribution in [0.1, 0.15) is 23.5 Å². The second kappa shape index (κ2) is 3.62. The second-order valence-corrected chi connectivity index (χ2v) is 4.12. The van der Waals surface area contributed by atoms with Crippen molar-refractivity contribution in [2.45, 2.75) is 19.3 Å². The number of benzene rings is 1. The molecule has 0 spiro atoms. The van der Waals surface area contributed by atoms with Crippen LogP contribution >= 0.6 is 11.6 Å². The van der Waals surface area contributed by atoms with E-state index < -0.39 is 0 Å². The lowest BCUT2D eigenvalue weighted by atomic mass is 9.97. The lowest BCUT2D eigenvalue weighted by molar-refractivity contribution is -0.119. The van der Waals surface area contributed by atoms with Crippen LogP contribution in [0.2, 0.25) is 5.02 Å². The van der Waals surface area contributed by atoms with Crippen LogP contribution in [0.3, 0.4) is 0 Å². The Morgan fingerprint density at radius 3 is 2.86 bits per heavy atom. The normalized spacial score (nSPS) is 21.0. The van der Waals surface area contributed by atoms with Gasteiger partial charge in [-0.25, -0.2) is 0 Å². The van der Waals surface area contributed by atoms with Gasteiger partial charge in [0.15, 0.2) is 0 Å². The zero-order valence-electron chi connectivity index (χ0n) is 8.01. The number of aryl methyl sites for hydroxylation is 1. The number of hydrogen-bond acceptors (Lipinski definition) is 1. The summed E-state index contributed by atoms with van der Waals surface area (Å²) in [7, 11) is 0. The topological polar surface area (TPSA) is 29.1 Å². The van der Waals surface area contributed by atoms with Crippen molar-refractivity contribution in [2.24, 2.45) is 0 Å². The Bertz CT molecular complexity index is 376. The standard InChI is InChI=1S/C11H12ClNO/c1-7-2-3-8(4-10(7)12)9-5-11(14)13-6-9/h2-4,9H,5-6H2,1H3,(H,13,14). The van der Waals surface area contributed by atoms with Crippen LogP contribution in [-0.4, -0.2) is 12.5 Å². The Labute approximate surface area is 88.3 Å². The number of carbonyl (C=O) groups excluding carboxylic acids is 1. The van der Waals surface area contributed by atoms with E-state index in [0.717, 1.165) is 22.7 Å². The highest BCUT2D eigenvalue weighted by Gasteiger charge is 2.22. The molecule has 0 aromatic heterocycles. The first-order valence-electron chi connectivity index (χ1n) is 4.69. The predicted octanol–water partition coefficient (Wildman–Crippen LogP) is 2.25. The summed E-state index contributed by atoms with van der Waals surface area (Å²) in [6, 6.07) is 6.01. The summed E-state index contributed by atoms with van der Waals surface area (Å²) in [5, 5.41) is 3.60. The van der Waals surface area contributed by atoms with Gasteiger partial charge in [-0.1, -0.05) is 23.7 Å². The number of carbonyl (C=O) groups is 1. The molecule has 0 aliphatic carbocycles. The molecule has 74 valence electrons. The van der Waals surface area contributed by atoms with Crippen LogP contribution in [0.4, 0.5) is 0 Å². The molecule has 1 heterocycles. The quantitative estimate of drug-likeness (QED) is 0.755. The number of amides is 1. The Morgan fingerprint density at radius 2 is 2.29 bits per heavy atom. The molecule has 0 radical (unpaired) electrons. The molecule has 1 fully saturated rings. The van der Waals surface area contributed by atoms with Gasteiger partial charge in [-0.3, -0.25) is 4.79 Å². The molecule has 14 heavy (non-hydrogen) atoms. The van der Waals surface area contributed by atoms with E-state index >= 15 is 0 Å². The van der Waals surface area contributed by atoms with Gasteiger partial charge in [0.1, 0.15) is 0 Å².